The minimum atomic E-state index is -1.09. The Morgan fingerprint density at radius 1 is 1.06 bits per heavy atom. The van der Waals surface area contributed by atoms with E-state index < -0.39 is 11.7 Å². The maximum Gasteiger partial charge on any atom is 0.102 e. The van der Waals surface area contributed by atoms with E-state index in [4.69, 9.17) is 0 Å². The summed E-state index contributed by atoms with van der Waals surface area (Å²) in [7, 11) is 0. The molecule has 3 heteroatoms. The Bertz CT molecular complexity index is 707. The first kappa shape index (κ1) is 24.7. The van der Waals surface area contributed by atoms with Crippen molar-refractivity contribution in [1.29, 1.82) is 0 Å². The van der Waals surface area contributed by atoms with E-state index in [2.05, 4.69) is 53.3 Å². The molecule has 3 N–H and O–H groups in total. The van der Waals surface area contributed by atoms with Crippen molar-refractivity contribution < 1.29 is 15.3 Å². The summed E-state index contributed by atoms with van der Waals surface area (Å²) >= 11 is 0. The van der Waals surface area contributed by atoms with Crippen LogP contribution in [0.15, 0.2) is 36.0 Å². The van der Waals surface area contributed by atoms with Gasteiger partial charge in [0, 0.05) is 0 Å². The molecule has 0 radical (unpaired) electrons. The van der Waals surface area contributed by atoms with Gasteiger partial charge in [-0.25, -0.2) is 0 Å². The number of hydrogen-bond donors (Lipinski definition) is 3. The fourth-order valence-corrected chi connectivity index (χ4v) is 6.82. The van der Waals surface area contributed by atoms with Crippen LogP contribution in [0.4, 0.5) is 0 Å². The van der Waals surface area contributed by atoms with Crippen LogP contribution in [0.5, 0.6) is 0 Å². The summed E-state index contributed by atoms with van der Waals surface area (Å²) in [4.78, 5) is 0. The Kier molecular flexibility index (Phi) is 7.61. The quantitative estimate of drug-likeness (QED) is 0.466. The smallest absolute Gasteiger partial charge is 0.102 e. The molecule has 0 aromatic carbocycles. The van der Waals surface area contributed by atoms with Gasteiger partial charge >= 0.3 is 0 Å². The number of aliphatic hydroxyl groups is 3. The molecule has 31 heavy (non-hydrogen) atoms. The average Bonchev–Trinajstić information content (AvgIpc) is 3.07. The molecule has 3 fully saturated rings. The lowest BCUT2D eigenvalue weighted by Crippen LogP contribution is -2.56. The zero-order chi connectivity index (χ0) is 23.0. The zero-order valence-corrected chi connectivity index (χ0v) is 20.5. The van der Waals surface area contributed by atoms with Gasteiger partial charge in [0.25, 0.3) is 0 Å². The minimum absolute atomic E-state index is 0.0421. The van der Waals surface area contributed by atoms with Crippen molar-refractivity contribution in [3.8, 4) is 0 Å². The lowest BCUT2D eigenvalue weighted by atomic mass is 9.56. The predicted molar refractivity (Wildman–Crippen MR) is 129 cm³/mol. The van der Waals surface area contributed by atoms with E-state index >= 15 is 0 Å². The number of allylic oxidation sites excluding steroid dienone is 3. The fraction of sp³-hybridized carbons (Fsp3) is 0.786. The van der Waals surface area contributed by atoms with Gasteiger partial charge in [0.2, 0.25) is 0 Å². The van der Waals surface area contributed by atoms with Crippen molar-refractivity contribution in [3.63, 3.8) is 0 Å². The third-order valence-electron chi connectivity index (χ3n) is 9.27. The molecule has 0 heterocycles. The number of aliphatic hydroxyl groups excluding tert-OH is 2. The first-order chi connectivity index (χ1) is 14.5. The van der Waals surface area contributed by atoms with Crippen molar-refractivity contribution in [2.45, 2.75) is 104 Å². The molecular weight excluding hydrogens is 384 g/mol. The van der Waals surface area contributed by atoms with Crippen LogP contribution in [-0.2, 0) is 0 Å². The maximum absolute atomic E-state index is 11.8. The number of rotatable bonds is 6. The summed E-state index contributed by atoms with van der Waals surface area (Å²) in [5.41, 5.74) is 0.876. The zero-order valence-electron chi connectivity index (χ0n) is 20.5. The van der Waals surface area contributed by atoms with Crippen LogP contribution in [-0.4, -0.2) is 33.1 Å². The SMILES string of the molecule is C=C1CC[C@H](O)C/C1=C/[C@@H](O)[C@@]1(O)CCC[C@]2(C)[C@@H]([C@H](C)/C=C\[C@H](C)C(C)C)CC[C@H]21. The first-order valence-electron chi connectivity index (χ1n) is 12.6. The average molecular weight is 431 g/mol. The summed E-state index contributed by atoms with van der Waals surface area (Å²) in [6, 6.07) is 0. The molecule has 3 aliphatic rings. The van der Waals surface area contributed by atoms with Gasteiger partial charge in [-0.15, -0.1) is 0 Å². The molecule has 8 atom stereocenters. The second-order valence-electron chi connectivity index (χ2n) is 11.6. The first-order valence-corrected chi connectivity index (χ1v) is 12.6. The highest BCUT2D eigenvalue weighted by Crippen LogP contribution is 2.61. The number of hydrogen-bond acceptors (Lipinski definition) is 3. The normalized spacial score (nSPS) is 41.0. The molecule has 3 saturated carbocycles. The van der Waals surface area contributed by atoms with E-state index in [1.165, 1.54) is 0 Å². The molecule has 3 rings (SSSR count). The third kappa shape index (κ3) is 4.89. The van der Waals surface area contributed by atoms with E-state index in [0.717, 1.165) is 49.7 Å². The molecule has 0 saturated heterocycles. The van der Waals surface area contributed by atoms with Crippen LogP contribution in [0.3, 0.4) is 0 Å². The maximum atomic E-state index is 11.8. The predicted octanol–water partition coefficient (Wildman–Crippen LogP) is 5.81. The van der Waals surface area contributed by atoms with E-state index in [1.54, 1.807) is 0 Å². The Morgan fingerprint density at radius 3 is 2.45 bits per heavy atom. The van der Waals surface area contributed by atoms with Crippen molar-refractivity contribution >= 4 is 0 Å². The van der Waals surface area contributed by atoms with Crippen molar-refractivity contribution in [3.05, 3.63) is 36.0 Å². The topological polar surface area (TPSA) is 60.7 Å². The van der Waals surface area contributed by atoms with Gasteiger partial charge in [0.05, 0.1) is 11.7 Å². The molecular formula is C28H46O3. The molecule has 0 bridgehead atoms. The largest absolute Gasteiger partial charge is 0.393 e. The monoisotopic (exact) mass is 430 g/mol. The lowest BCUT2D eigenvalue weighted by Gasteiger charge is -2.52. The van der Waals surface area contributed by atoms with Gasteiger partial charge in [0.1, 0.15) is 6.10 Å². The van der Waals surface area contributed by atoms with Crippen molar-refractivity contribution in [2.75, 3.05) is 0 Å². The van der Waals surface area contributed by atoms with E-state index in [1.807, 2.05) is 6.08 Å². The van der Waals surface area contributed by atoms with Gasteiger partial charge in [-0.2, -0.15) is 0 Å². The number of fused-ring (bicyclic) bond motifs is 1. The third-order valence-corrected chi connectivity index (χ3v) is 9.27. The molecule has 0 aliphatic heterocycles. The molecule has 176 valence electrons. The molecule has 3 nitrogen and oxygen atoms in total. The summed E-state index contributed by atoms with van der Waals surface area (Å²) < 4.78 is 0. The highest BCUT2D eigenvalue weighted by atomic mass is 16.3. The standard InChI is InChI=1S/C28H46O3/c1-18(2)19(3)8-9-21(5)24-12-13-25-27(24,6)14-7-15-28(25,31)26(30)17-22-16-23(29)11-10-20(22)4/h8-9,17-19,21,23-26,29-31H,4,7,10-16H2,1-3,5-6H3/b9-8-,22-17-/t19-,21+,23-,24+,25+,26+,27+,28+/m0/s1. The Labute approximate surface area is 190 Å². The van der Waals surface area contributed by atoms with Crippen LogP contribution < -0.4 is 0 Å². The highest BCUT2D eigenvalue weighted by molar-refractivity contribution is 5.33. The van der Waals surface area contributed by atoms with Crippen molar-refractivity contribution in [2.24, 2.45) is 35.0 Å². The van der Waals surface area contributed by atoms with E-state index in [9.17, 15) is 15.3 Å². The van der Waals surface area contributed by atoms with Crippen LogP contribution in [0.1, 0.15) is 86.0 Å². The van der Waals surface area contributed by atoms with E-state index in [0.29, 0.717) is 36.5 Å². The summed E-state index contributed by atoms with van der Waals surface area (Å²) in [6.07, 6.45) is 12.2. The Hall–Kier alpha value is -0.900. The van der Waals surface area contributed by atoms with Gasteiger partial charge < -0.3 is 15.3 Å². The van der Waals surface area contributed by atoms with Crippen LogP contribution in [0.2, 0.25) is 0 Å². The summed E-state index contributed by atoms with van der Waals surface area (Å²) in [5.74, 6) is 2.33. The molecule has 0 aromatic heterocycles. The highest BCUT2D eigenvalue weighted by Gasteiger charge is 2.59. The summed E-state index contributed by atoms with van der Waals surface area (Å²) in [6.45, 7) is 15.6. The van der Waals surface area contributed by atoms with Crippen LogP contribution in [0.25, 0.3) is 0 Å². The van der Waals surface area contributed by atoms with E-state index in [-0.39, 0.29) is 17.4 Å². The van der Waals surface area contributed by atoms with Gasteiger partial charge in [-0.3, -0.25) is 0 Å². The van der Waals surface area contributed by atoms with Gasteiger partial charge in [0.15, 0.2) is 0 Å². The molecule has 0 unspecified atom stereocenters. The fourth-order valence-electron chi connectivity index (χ4n) is 6.82. The Morgan fingerprint density at radius 2 is 1.77 bits per heavy atom. The molecule has 3 aliphatic carbocycles. The lowest BCUT2D eigenvalue weighted by molar-refractivity contribution is -0.155. The summed E-state index contributed by atoms with van der Waals surface area (Å²) in [5, 5.41) is 33.2. The second kappa shape index (κ2) is 9.53. The van der Waals surface area contributed by atoms with Crippen LogP contribution in [0, 0.1) is 35.0 Å². The van der Waals surface area contributed by atoms with Gasteiger partial charge in [-0.1, -0.05) is 58.9 Å². The van der Waals surface area contributed by atoms with Crippen LogP contribution >= 0.6 is 0 Å². The second-order valence-corrected chi connectivity index (χ2v) is 11.6. The minimum Gasteiger partial charge on any atom is -0.393 e. The van der Waals surface area contributed by atoms with Crippen molar-refractivity contribution in [1.82, 2.24) is 0 Å². The Balaban J connectivity index is 1.80. The van der Waals surface area contributed by atoms with Gasteiger partial charge in [-0.05, 0) is 98.0 Å². The molecule has 0 aromatic rings. The molecule has 0 amide bonds. The molecule has 0 spiro atoms.